The molecule has 9 nitrogen and oxygen atoms in total. The van der Waals surface area contributed by atoms with Crippen LogP contribution in [0, 0.1) is 5.82 Å². The number of phenolic OH excluding ortho intramolecular Hbond substituents is 1. The van der Waals surface area contributed by atoms with Crippen molar-refractivity contribution >= 4 is 38.4 Å². The van der Waals surface area contributed by atoms with E-state index in [4.69, 9.17) is 0 Å². The molecule has 2 N–H and O–H groups in total. The molecule has 2 amide bonds. The third kappa shape index (κ3) is 4.14. The van der Waals surface area contributed by atoms with Crippen LogP contribution in [0.15, 0.2) is 36.5 Å². The lowest BCUT2D eigenvalue weighted by molar-refractivity contribution is -0.121. The first-order valence-corrected chi connectivity index (χ1v) is 12.2. The SMILES string of the molecule is CNC(=O)CN1Cc2c(c(O)c3ncc(Cc4ccc(F)cc4)cc3c2N(C)S(C)(=O)=O)C1=O. The Hall–Kier alpha value is -3.73. The van der Waals surface area contributed by atoms with Crippen LogP contribution in [0.1, 0.15) is 27.0 Å². The third-order valence-electron chi connectivity index (χ3n) is 5.85. The van der Waals surface area contributed by atoms with Crippen LogP contribution in [-0.4, -0.2) is 62.1 Å². The maximum absolute atomic E-state index is 13.3. The van der Waals surface area contributed by atoms with Crippen molar-refractivity contribution in [2.45, 2.75) is 13.0 Å². The zero-order chi connectivity index (χ0) is 24.8. The van der Waals surface area contributed by atoms with Gasteiger partial charge < -0.3 is 15.3 Å². The summed E-state index contributed by atoms with van der Waals surface area (Å²) < 4.78 is 39.3. The van der Waals surface area contributed by atoms with Gasteiger partial charge in [0.1, 0.15) is 17.9 Å². The predicted molar refractivity (Wildman–Crippen MR) is 125 cm³/mol. The molecule has 0 saturated carbocycles. The quantitative estimate of drug-likeness (QED) is 0.548. The lowest BCUT2D eigenvalue weighted by Gasteiger charge is -2.23. The zero-order valence-corrected chi connectivity index (χ0v) is 19.6. The number of carbonyl (C=O) groups excluding carboxylic acids is 2. The van der Waals surface area contributed by atoms with Gasteiger partial charge >= 0.3 is 0 Å². The summed E-state index contributed by atoms with van der Waals surface area (Å²) in [5.74, 6) is -1.71. The van der Waals surface area contributed by atoms with Crippen molar-refractivity contribution < 1.29 is 27.5 Å². The molecule has 3 aromatic rings. The molecule has 0 atom stereocenters. The highest BCUT2D eigenvalue weighted by atomic mass is 32.2. The first kappa shape index (κ1) is 23.4. The van der Waals surface area contributed by atoms with Crippen molar-refractivity contribution in [3.05, 3.63) is 64.6 Å². The molecule has 0 saturated heterocycles. The molecule has 11 heteroatoms. The number of phenols is 1. The minimum Gasteiger partial charge on any atom is -0.505 e. The molecule has 1 aromatic heterocycles. The van der Waals surface area contributed by atoms with E-state index in [-0.39, 0.29) is 41.4 Å². The van der Waals surface area contributed by atoms with Gasteiger partial charge in [0.25, 0.3) is 5.91 Å². The summed E-state index contributed by atoms with van der Waals surface area (Å²) in [4.78, 5) is 30.5. The number of pyridine rings is 1. The molecule has 0 fully saturated rings. The van der Waals surface area contributed by atoms with Crippen molar-refractivity contribution in [2.24, 2.45) is 0 Å². The van der Waals surface area contributed by atoms with Crippen LogP contribution < -0.4 is 9.62 Å². The summed E-state index contributed by atoms with van der Waals surface area (Å²) in [5, 5.41) is 13.7. The van der Waals surface area contributed by atoms with Gasteiger partial charge in [-0.25, -0.2) is 12.8 Å². The molecular formula is C23H23FN4O5S. The lowest BCUT2D eigenvalue weighted by atomic mass is 9.98. The molecule has 1 aliphatic heterocycles. The number of hydrogen-bond donors (Lipinski definition) is 2. The maximum atomic E-state index is 13.3. The second kappa shape index (κ2) is 8.56. The molecule has 0 aliphatic carbocycles. The number of halogens is 1. The maximum Gasteiger partial charge on any atom is 0.258 e. The minimum absolute atomic E-state index is 0.0531. The van der Waals surface area contributed by atoms with Crippen LogP contribution in [0.2, 0.25) is 0 Å². The molecule has 0 unspecified atom stereocenters. The van der Waals surface area contributed by atoms with E-state index in [0.717, 1.165) is 16.1 Å². The number of sulfonamides is 1. The molecule has 0 bridgehead atoms. The van der Waals surface area contributed by atoms with Gasteiger partial charge in [0, 0.05) is 37.8 Å². The summed E-state index contributed by atoms with van der Waals surface area (Å²) in [6.45, 7) is -0.298. The van der Waals surface area contributed by atoms with Gasteiger partial charge in [-0.05, 0) is 35.7 Å². The fourth-order valence-corrected chi connectivity index (χ4v) is 4.61. The summed E-state index contributed by atoms with van der Waals surface area (Å²) >= 11 is 0. The molecule has 2 heterocycles. The van der Waals surface area contributed by atoms with Crippen LogP contribution in [-0.2, 0) is 27.8 Å². The van der Waals surface area contributed by atoms with E-state index in [0.29, 0.717) is 22.9 Å². The van der Waals surface area contributed by atoms with Gasteiger partial charge in [0.05, 0.1) is 17.5 Å². The topological polar surface area (TPSA) is 120 Å². The molecule has 0 radical (unpaired) electrons. The average molecular weight is 487 g/mol. The molecule has 1 aliphatic rings. The Morgan fingerprint density at radius 2 is 1.94 bits per heavy atom. The van der Waals surface area contributed by atoms with Gasteiger partial charge in [-0.15, -0.1) is 0 Å². The summed E-state index contributed by atoms with van der Waals surface area (Å²) in [7, 11) is -0.945. The number of aromatic hydroxyl groups is 1. The van der Waals surface area contributed by atoms with Gasteiger partial charge in [-0.3, -0.25) is 18.9 Å². The smallest absolute Gasteiger partial charge is 0.258 e. The van der Waals surface area contributed by atoms with Gasteiger partial charge in [-0.2, -0.15) is 0 Å². The number of anilines is 1. The lowest BCUT2D eigenvalue weighted by Crippen LogP contribution is -2.35. The van der Waals surface area contributed by atoms with Crippen molar-refractivity contribution in [3.63, 3.8) is 0 Å². The Kier molecular flexibility index (Phi) is 5.90. The van der Waals surface area contributed by atoms with E-state index in [9.17, 15) is 27.5 Å². The van der Waals surface area contributed by atoms with Gasteiger partial charge in [0.2, 0.25) is 15.9 Å². The Bertz CT molecular complexity index is 1420. The fraction of sp³-hybridized carbons (Fsp3) is 0.261. The van der Waals surface area contributed by atoms with Crippen molar-refractivity contribution in [3.8, 4) is 5.75 Å². The van der Waals surface area contributed by atoms with Crippen LogP contribution in [0.4, 0.5) is 10.1 Å². The Morgan fingerprint density at radius 3 is 2.56 bits per heavy atom. The Morgan fingerprint density at radius 1 is 1.26 bits per heavy atom. The Balaban J connectivity index is 1.91. The molecule has 178 valence electrons. The highest BCUT2D eigenvalue weighted by molar-refractivity contribution is 7.92. The van der Waals surface area contributed by atoms with Gasteiger partial charge in [-0.1, -0.05) is 12.1 Å². The number of fused-ring (bicyclic) bond motifs is 2. The number of amides is 2. The number of nitrogens with one attached hydrogen (secondary N) is 1. The normalized spacial score (nSPS) is 13.3. The van der Waals surface area contributed by atoms with Crippen molar-refractivity contribution in [1.29, 1.82) is 0 Å². The molecule has 0 spiro atoms. The number of carbonyl (C=O) groups is 2. The van der Waals surface area contributed by atoms with E-state index < -0.39 is 21.8 Å². The first-order chi connectivity index (χ1) is 16.0. The number of aromatic nitrogens is 1. The average Bonchev–Trinajstić information content (AvgIpc) is 3.10. The summed E-state index contributed by atoms with van der Waals surface area (Å²) in [6, 6.07) is 7.67. The van der Waals surface area contributed by atoms with Crippen LogP contribution in [0.25, 0.3) is 10.9 Å². The predicted octanol–water partition coefficient (Wildman–Crippen LogP) is 1.77. The first-order valence-electron chi connectivity index (χ1n) is 10.4. The van der Waals surface area contributed by atoms with E-state index in [2.05, 4.69) is 10.3 Å². The number of nitrogens with zero attached hydrogens (tertiary/aromatic N) is 3. The number of rotatable bonds is 6. The second-order valence-corrected chi connectivity index (χ2v) is 10.2. The van der Waals surface area contributed by atoms with Crippen molar-refractivity contribution in [1.82, 2.24) is 15.2 Å². The largest absolute Gasteiger partial charge is 0.505 e. The summed E-state index contributed by atoms with van der Waals surface area (Å²) in [6.07, 6.45) is 2.95. The molecule has 2 aromatic carbocycles. The fourth-order valence-electron chi connectivity index (χ4n) is 4.06. The van der Waals surface area contributed by atoms with Crippen LogP contribution in [0.3, 0.4) is 0 Å². The van der Waals surface area contributed by atoms with E-state index in [1.165, 1.54) is 37.3 Å². The highest BCUT2D eigenvalue weighted by Gasteiger charge is 2.37. The number of likely N-dealkylation sites (N-methyl/N-ethyl adjacent to an activating group) is 1. The van der Waals surface area contributed by atoms with E-state index >= 15 is 0 Å². The third-order valence-corrected chi connectivity index (χ3v) is 7.02. The number of hydrogen-bond acceptors (Lipinski definition) is 6. The van der Waals surface area contributed by atoms with Gasteiger partial charge in [0.15, 0.2) is 5.75 Å². The molecule has 34 heavy (non-hydrogen) atoms. The minimum atomic E-state index is -3.75. The standard InChI is InChI=1S/C23H23FN4O5S/c1-25-18(29)12-28-11-17-19(23(28)31)22(30)20-16(21(17)27(2)34(3,32)33)9-14(10-26-20)8-13-4-6-15(24)7-5-13/h4-7,9-10,30H,8,11-12H2,1-3H3,(H,25,29). The van der Waals surface area contributed by atoms with E-state index in [1.54, 1.807) is 18.2 Å². The van der Waals surface area contributed by atoms with Crippen LogP contribution >= 0.6 is 0 Å². The molecular weight excluding hydrogens is 463 g/mol. The van der Waals surface area contributed by atoms with E-state index in [1.807, 2.05) is 0 Å². The highest BCUT2D eigenvalue weighted by Crippen LogP contribution is 2.44. The van der Waals surface area contributed by atoms with Crippen LogP contribution in [0.5, 0.6) is 5.75 Å². The van der Waals surface area contributed by atoms with Crippen molar-refractivity contribution in [2.75, 3.05) is 31.2 Å². The summed E-state index contributed by atoms with van der Waals surface area (Å²) in [5.41, 5.74) is 2.04. The Labute approximate surface area is 195 Å². The second-order valence-electron chi connectivity index (χ2n) is 8.16. The monoisotopic (exact) mass is 486 g/mol. The number of benzene rings is 2. The molecule has 4 rings (SSSR count). The zero-order valence-electron chi connectivity index (χ0n) is 18.8.